The highest BCUT2D eigenvalue weighted by Crippen LogP contribution is 2.21. The van der Waals surface area contributed by atoms with Crippen molar-refractivity contribution in [3.05, 3.63) is 71.8 Å². The SMILES string of the molecule is [2H]c1ccc2cccc(NC(=O)c3c([2H])c([2H])c([2H])c([2H])c3C([2H])([2H])[2H])c2n1. The number of hydrogen-bond donors (Lipinski definition) is 1. The van der Waals surface area contributed by atoms with Crippen LogP contribution in [0.1, 0.15) is 26.9 Å². The van der Waals surface area contributed by atoms with Gasteiger partial charge in [-0.25, -0.2) is 0 Å². The van der Waals surface area contributed by atoms with Crippen molar-refractivity contribution in [2.24, 2.45) is 0 Å². The van der Waals surface area contributed by atoms with Crippen molar-refractivity contribution in [3.63, 3.8) is 0 Å². The smallest absolute Gasteiger partial charge is 0.255 e. The minimum absolute atomic E-state index is 0.0287. The van der Waals surface area contributed by atoms with E-state index in [1.54, 1.807) is 18.2 Å². The normalized spacial score (nSPS) is 16.8. The molecule has 1 aromatic heterocycles. The van der Waals surface area contributed by atoms with E-state index in [1.165, 1.54) is 12.1 Å². The Bertz CT molecular complexity index is 1110. The molecule has 0 unspecified atom stereocenters. The predicted molar refractivity (Wildman–Crippen MR) is 80.9 cm³/mol. The largest absolute Gasteiger partial charge is 0.320 e. The quantitative estimate of drug-likeness (QED) is 0.769. The van der Waals surface area contributed by atoms with Crippen molar-refractivity contribution in [2.75, 3.05) is 5.32 Å². The Morgan fingerprint density at radius 3 is 3.00 bits per heavy atom. The Morgan fingerprint density at radius 2 is 2.10 bits per heavy atom. The number of rotatable bonds is 2. The number of pyridine rings is 1. The topological polar surface area (TPSA) is 42.0 Å². The van der Waals surface area contributed by atoms with E-state index >= 15 is 0 Å². The molecule has 1 amide bonds. The third-order valence-corrected chi connectivity index (χ3v) is 2.74. The molecule has 20 heavy (non-hydrogen) atoms. The van der Waals surface area contributed by atoms with Crippen LogP contribution in [-0.4, -0.2) is 10.9 Å². The lowest BCUT2D eigenvalue weighted by Crippen LogP contribution is -2.13. The highest BCUT2D eigenvalue weighted by Gasteiger charge is 2.10. The molecule has 0 saturated heterocycles. The molecule has 0 aliphatic rings. The Morgan fingerprint density at radius 1 is 1.25 bits per heavy atom. The van der Waals surface area contributed by atoms with Crippen molar-refractivity contribution in [1.29, 1.82) is 0 Å². The lowest BCUT2D eigenvalue weighted by atomic mass is 10.1. The zero-order valence-electron chi connectivity index (χ0n) is 18.2. The van der Waals surface area contributed by atoms with Gasteiger partial charge < -0.3 is 5.32 Å². The number of hydrogen-bond acceptors (Lipinski definition) is 2. The van der Waals surface area contributed by atoms with Gasteiger partial charge in [0.15, 0.2) is 0 Å². The second-order valence-corrected chi connectivity index (χ2v) is 4.02. The van der Waals surface area contributed by atoms with E-state index in [4.69, 9.17) is 11.0 Å². The van der Waals surface area contributed by atoms with Gasteiger partial charge in [0.25, 0.3) is 5.91 Å². The number of carbonyl (C=O) groups excluding carboxylic acids is 1. The summed E-state index contributed by atoms with van der Waals surface area (Å²) in [7, 11) is 0. The zero-order valence-corrected chi connectivity index (χ0v) is 10.2. The van der Waals surface area contributed by atoms with Crippen LogP contribution in [0.3, 0.4) is 0 Å². The first-order valence-electron chi connectivity index (χ1n) is 9.81. The van der Waals surface area contributed by atoms with Gasteiger partial charge in [-0.2, -0.15) is 0 Å². The summed E-state index contributed by atoms with van der Waals surface area (Å²) in [5, 5.41) is 3.11. The third-order valence-electron chi connectivity index (χ3n) is 2.74. The molecule has 3 heteroatoms. The lowest BCUT2D eigenvalue weighted by Gasteiger charge is -2.09. The fraction of sp³-hybridized carbons (Fsp3) is 0.0588. The molecule has 3 rings (SSSR count). The molecule has 0 radical (unpaired) electrons. The highest BCUT2D eigenvalue weighted by molar-refractivity contribution is 6.08. The van der Waals surface area contributed by atoms with Crippen molar-refractivity contribution >= 4 is 22.5 Å². The fourth-order valence-corrected chi connectivity index (χ4v) is 1.82. The van der Waals surface area contributed by atoms with Crippen LogP contribution in [-0.2, 0) is 0 Å². The number of nitrogens with zero attached hydrogens (tertiary/aromatic N) is 1. The number of carbonyl (C=O) groups is 1. The van der Waals surface area contributed by atoms with Crippen LogP contribution >= 0.6 is 0 Å². The van der Waals surface area contributed by atoms with Crippen LogP contribution in [0.15, 0.2) is 60.7 Å². The molecule has 0 aliphatic heterocycles. The van der Waals surface area contributed by atoms with Crippen LogP contribution in [0.25, 0.3) is 10.9 Å². The van der Waals surface area contributed by atoms with Gasteiger partial charge >= 0.3 is 0 Å². The lowest BCUT2D eigenvalue weighted by molar-refractivity contribution is 0.102. The van der Waals surface area contributed by atoms with E-state index < -0.39 is 48.1 Å². The molecule has 0 aliphatic carbocycles. The standard InChI is InChI=1S/C17H14N2O/c1-12-6-2-3-9-14(12)17(20)19-15-10-4-7-13-8-5-11-18-16(13)15/h2-11H,1H3,(H,19,20)/i1D3,2D,3D,6D,9D,11D. The number of nitrogens with one attached hydrogen (secondary N) is 1. The zero-order chi connectivity index (χ0) is 20.8. The van der Waals surface area contributed by atoms with Crippen molar-refractivity contribution in [2.45, 2.75) is 6.85 Å². The van der Waals surface area contributed by atoms with Gasteiger partial charge in [-0.05, 0) is 30.6 Å². The Hall–Kier alpha value is -2.68. The number of anilines is 1. The van der Waals surface area contributed by atoms with Gasteiger partial charge in [-0.3, -0.25) is 9.78 Å². The minimum Gasteiger partial charge on any atom is -0.320 e. The monoisotopic (exact) mass is 270 g/mol. The Labute approximate surface area is 128 Å². The van der Waals surface area contributed by atoms with Crippen molar-refractivity contribution in [3.8, 4) is 0 Å². The molecule has 3 aromatic rings. The average Bonchev–Trinajstić information content (AvgIpc) is 2.62. The summed E-state index contributed by atoms with van der Waals surface area (Å²) in [5.74, 6) is -0.997. The van der Waals surface area contributed by atoms with Crippen molar-refractivity contribution < 1.29 is 15.8 Å². The molecule has 0 bridgehead atoms. The first-order chi connectivity index (χ1) is 13.0. The second kappa shape index (κ2) is 5.13. The summed E-state index contributed by atoms with van der Waals surface area (Å²) in [6.45, 7) is -2.92. The molecule has 1 heterocycles. The summed E-state index contributed by atoms with van der Waals surface area (Å²) < 4.78 is 61.9. The van der Waals surface area contributed by atoms with Crippen molar-refractivity contribution in [1.82, 2.24) is 4.98 Å². The van der Waals surface area contributed by atoms with Gasteiger partial charge in [-0.1, -0.05) is 36.3 Å². The molecule has 0 saturated carbocycles. The van der Waals surface area contributed by atoms with E-state index in [0.717, 1.165) is 0 Å². The maximum absolute atomic E-state index is 12.9. The molecular formula is C17H14N2O. The molecule has 2 aromatic carbocycles. The maximum atomic E-state index is 12.9. The number of aromatic nitrogens is 1. The highest BCUT2D eigenvalue weighted by atomic mass is 16.1. The second-order valence-electron chi connectivity index (χ2n) is 4.02. The predicted octanol–water partition coefficient (Wildman–Crippen LogP) is 3.80. The molecule has 0 fully saturated rings. The van der Waals surface area contributed by atoms with Gasteiger partial charge in [0.1, 0.15) is 0 Å². The molecule has 98 valence electrons. The Kier molecular flexibility index (Phi) is 1.59. The van der Waals surface area contributed by atoms with Gasteiger partial charge in [0.05, 0.1) is 18.1 Å². The first-order valence-corrected chi connectivity index (χ1v) is 5.81. The third kappa shape index (κ3) is 2.26. The summed E-state index contributed by atoms with van der Waals surface area (Å²) in [5.41, 5.74) is -0.893. The van der Waals surface area contributed by atoms with Crippen LogP contribution in [0, 0.1) is 6.85 Å². The Balaban J connectivity index is 2.18. The maximum Gasteiger partial charge on any atom is 0.255 e. The summed E-state index contributed by atoms with van der Waals surface area (Å²) in [4.78, 5) is 16.9. The fourth-order valence-electron chi connectivity index (χ4n) is 1.82. The summed E-state index contributed by atoms with van der Waals surface area (Å²) >= 11 is 0. The molecule has 3 nitrogen and oxygen atoms in total. The van der Waals surface area contributed by atoms with Crippen LogP contribution in [0.2, 0.25) is 0 Å². The minimum atomic E-state index is -2.92. The van der Waals surface area contributed by atoms with Gasteiger partial charge in [0.2, 0.25) is 0 Å². The van der Waals surface area contributed by atoms with E-state index in [0.29, 0.717) is 10.9 Å². The van der Waals surface area contributed by atoms with E-state index in [2.05, 4.69) is 10.3 Å². The van der Waals surface area contributed by atoms with E-state index in [1.807, 2.05) is 0 Å². The summed E-state index contributed by atoms with van der Waals surface area (Å²) in [6, 6.07) is 5.04. The van der Waals surface area contributed by atoms with Crippen LogP contribution in [0.5, 0.6) is 0 Å². The average molecular weight is 270 g/mol. The van der Waals surface area contributed by atoms with Gasteiger partial charge in [-0.15, -0.1) is 0 Å². The van der Waals surface area contributed by atoms with E-state index in [9.17, 15) is 4.79 Å². The molecular weight excluding hydrogens is 248 g/mol. The number of fused-ring (bicyclic) bond motifs is 1. The molecule has 0 spiro atoms. The van der Waals surface area contributed by atoms with E-state index in [-0.39, 0.29) is 11.9 Å². The van der Waals surface area contributed by atoms with Gasteiger partial charge in [0, 0.05) is 21.2 Å². The summed E-state index contributed by atoms with van der Waals surface area (Å²) in [6.07, 6.45) is -0.0287. The van der Waals surface area contributed by atoms with Crippen LogP contribution in [0.4, 0.5) is 5.69 Å². The number of para-hydroxylation sites is 1. The molecule has 1 N–H and O–H groups in total. The molecule has 0 atom stereocenters. The first kappa shape index (κ1) is 6.18. The number of benzene rings is 2. The number of amides is 1. The van der Waals surface area contributed by atoms with Crippen LogP contribution < -0.4 is 5.32 Å².